The highest BCUT2D eigenvalue weighted by atomic mass is 19.1. The Morgan fingerprint density at radius 1 is 1.53 bits per heavy atom. The van der Waals surface area contributed by atoms with E-state index in [0.717, 1.165) is 17.9 Å². The molecule has 1 aromatic heterocycles. The summed E-state index contributed by atoms with van der Waals surface area (Å²) < 4.78 is 13.2. The first-order chi connectivity index (χ1) is 8.22. The van der Waals surface area contributed by atoms with E-state index in [-0.39, 0.29) is 5.82 Å². The Kier molecular flexibility index (Phi) is 3.94. The highest BCUT2D eigenvalue weighted by Gasteiger charge is 2.21. The summed E-state index contributed by atoms with van der Waals surface area (Å²) in [5, 5.41) is 3.07. The predicted molar refractivity (Wildman–Crippen MR) is 67.6 cm³/mol. The highest BCUT2D eigenvalue weighted by Crippen LogP contribution is 2.26. The minimum Gasteiger partial charge on any atom is -0.354 e. The van der Waals surface area contributed by atoms with Crippen molar-refractivity contribution in [2.75, 3.05) is 18.5 Å². The van der Waals surface area contributed by atoms with Crippen LogP contribution in [0.2, 0.25) is 0 Å². The lowest BCUT2D eigenvalue weighted by atomic mass is 10.0. The number of hydrogen-bond acceptors (Lipinski definition) is 3. The molecule has 17 heavy (non-hydrogen) atoms. The fourth-order valence-electron chi connectivity index (χ4n) is 2.47. The maximum atomic E-state index is 13.2. The fraction of sp³-hybridized carbons (Fsp3) is 0.615. The highest BCUT2D eigenvalue weighted by molar-refractivity contribution is 5.48. The lowest BCUT2D eigenvalue weighted by Crippen LogP contribution is -2.38. The van der Waals surface area contributed by atoms with Crippen molar-refractivity contribution in [2.45, 2.75) is 38.8 Å². The average Bonchev–Trinajstić information content (AvgIpc) is 2.31. The molecule has 0 radical (unpaired) electrons. The van der Waals surface area contributed by atoms with Gasteiger partial charge in [0.25, 0.3) is 0 Å². The summed E-state index contributed by atoms with van der Waals surface area (Å²) in [4.78, 5) is 6.58. The Hall–Kier alpha value is -1.16. The number of aromatic nitrogens is 1. The van der Waals surface area contributed by atoms with Gasteiger partial charge < -0.3 is 10.2 Å². The third kappa shape index (κ3) is 2.75. The van der Waals surface area contributed by atoms with Crippen molar-refractivity contribution < 1.29 is 4.39 Å². The van der Waals surface area contributed by atoms with Crippen molar-refractivity contribution in [3.63, 3.8) is 0 Å². The molecule has 0 amide bonds. The molecule has 1 aliphatic rings. The van der Waals surface area contributed by atoms with Gasteiger partial charge in [0, 0.05) is 24.7 Å². The minimum absolute atomic E-state index is 0.260. The zero-order chi connectivity index (χ0) is 12.3. The summed E-state index contributed by atoms with van der Waals surface area (Å²) >= 11 is 0. The molecule has 94 valence electrons. The van der Waals surface area contributed by atoms with Crippen LogP contribution in [-0.4, -0.2) is 24.6 Å². The van der Waals surface area contributed by atoms with Crippen LogP contribution in [0.1, 0.15) is 31.7 Å². The van der Waals surface area contributed by atoms with E-state index < -0.39 is 0 Å². The van der Waals surface area contributed by atoms with Gasteiger partial charge in [-0.25, -0.2) is 9.37 Å². The summed E-state index contributed by atoms with van der Waals surface area (Å²) in [6.07, 6.45) is 4.98. The summed E-state index contributed by atoms with van der Waals surface area (Å²) in [5.74, 6) is 0.677. The van der Waals surface area contributed by atoms with Gasteiger partial charge in [-0.15, -0.1) is 0 Å². The monoisotopic (exact) mass is 237 g/mol. The van der Waals surface area contributed by atoms with Crippen LogP contribution >= 0.6 is 0 Å². The Bertz CT molecular complexity index is 381. The molecule has 2 rings (SSSR count). The molecule has 2 heterocycles. The van der Waals surface area contributed by atoms with E-state index in [1.54, 1.807) is 6.07 Å². The van der Waals surface area contributed by atoms with E-state index in [0.29, 0.717) is 12.6 Å². The van der Waals surface area contributed by atoms with Gasteiger partial charge in [0.1, 0.15) is 11.6 Å². The normalized spacial score (nSPS) is 20.6. The van der Waals surface area contributed by atoms with Crippen LogP contribution in [0.5, 0.6) is 0 Å². The third-order valence-electron chi connectivity index (χ3n) is 3.35. The first kappa shape index (κ1) is 12.3. The molecule has 1 unspecified atom stereocenters. The fourth-order valence-corrected chi connectivity index (χ4v) is 2.47. The molecule has 1 fully saturated rings. The smallest absolute Gasteiger partial charge is 0.141 e. The van der Waals surface area contributed by atoms with Crippen LogP contribution < -0.4 is 10.2 Å². The summed E-state index contributed by atoms with van der Waals surface area (Å²) in [7, 11) is 1.87. The average molecular weight is 237 g/mol. The van der Waals surface area contributed by atoms with E-state index in [9.17, 15) is 4.39 Å². The van der Waals surface area contributed by atoms with Gasteiger partial charge in [-0.2, -0.15) is 0 Å². The van der Waals surface area contributed by atoms with Crippen molar-refractivity contribution >= 4 is 5.82 Å². The van der Waals surface area contributed by atoms with Crippen LogP contribution in [-0.2, 0) is 6.54 Å². The van der Waals surface area contributed by atoms with Gasteiger partial charge >= 0.3 is 0 Å². The van der Waals surface area contributed by atoms with Crippen LogP contribution in [0.15, 0.2) is 12.3 Å². The van der Waals surface area contributed by atoms with Crippen LogP contribution in [0.3, 0.4) is 0 Å². The largest absolute Gasteiger partial charge is 0.354 e. The van der Waals surface area contributed by atoms with Crippen molar-refractivity contribution in [3.05, 3.63) is 23.6 Å². The Morgan fingerprint density at radius 2 is 2.35 bits per heavy atom. The van der Waals surface area contributed by atoms with Gasteiger partial charge in [0.2, 0.25) is 0 Å². The predicted octanol–water partition coefficient (Wildman–Crippen LogP) is 2.32. The van der Waals surface area contributed by atoms with Crippen LogP contribution in [0.25, 0.3) is 0 Å². The number of rotatable bonds is 3. The van der Waals surface area contributed by atoms with Gasteiger partial charge in [-0.1, -0.05) is 0 Å². The zero-order valence-corrected chi connectivity index (χ0v) is 10.5. The molecule has 0 spiro atoms. The van der Waals surface area contributed by atoms with Gasteiger partial charge in [-0.3, -0.25) is 0 Å². The van der Waals surface area contributed by atoms with Gasteiger partial charge in [-0.05, 0) is 39.3 Å². The molecule has 1 aromatic rings. The third-order valence-corrected chi connectivity index (χ3v) is 3.35. The second-order valence-electron chi connectivity index (χ2n) is 4.70. The van der Waals surface area contributed by atoms with Crippen molar-refractivity contribution in [1.82, 2.24) is 10.3 Å². The van der Waals surface area contributed by atoms with Gasteiger partial charge in [0.05, 0.1) is 6.20 Å². The molecule has 0 saturated carbocycles. The Labute approximate surface area is 102 Å². The molecule has 1 saturated heterocycles. The van der Waals surface area contributed by atoms with E-state index in [2.05, 4.69) is 22.1 Å². The second kappa shape index (κ2) is 5.45. The molecular weight excluding hydrogens is 217 g/mol. The molecule has 0 bridgehead atoms. The van der Waals surface area contributed by atoms with Gasteiger partial charge in [0.15, 0.2) is 0 Å². The molecule has 1 atom stereocenters. The first-order valence-electron chi connectivity index (χ1n) is 6.28. The number of pyridine rings is 1. The quantitative estimate of drug-likeness (QED) is 0.874. The first-order valence-corrected chi connectivity index (χ1v) is 6.28. The van der Waals surface area contributed by atoms with E-state index >= 15 is 0 Å². The van der Waals surface area contributed by atoms with Crippen LogP contribution in [0, 0.1) is 5.82 Å². The summed E-state index contributed by atoms with van der Waals surface area (Å²) in [5.41, 5.74) is 0.946. The standard InChI is InChI=1S/C13H20FN3/c1-10-5-3-4-6-17(10)13-11(8-15-2)7-12(14)9-16-13/h7,9-10,15H,3-6,8H2,1-2H3. The van der Waals surface area contributed by atoms with E-state index in [1.807, 2.05) is 7.05 Å². The summed E-state index contributed by atoms with van der Waals surface area (Å²) in [6, 6.07) is 2.08. The van der Waals surface area contributed by atoms with Crippen molar-refractivity contribution in [2.24, 2.45) is 0 Å². The maximum absolute atomic E-state index is 13.2. The molecule has 3 nitrogen and oxygen atoms in total. The number of nitrogens with zero attached hydrogens (tertiary/aromatic N) is 2. The minimum atomic E-state index is -0.260. The lowest BCUT2D eigenvalue weighted by Gasteiger charge is -2.35. The number of nitrogens with one attached hydrogen (secondary N) is 1. The molecule has 0 aliphatic carbocycles. The lowest BCUT2D eigenvalue weighted by molar-refractivity contribution is 0.478. The summed E-state index contributed by atoms with van der Waals surface area (Å²) in [6.45, 7) is 3.90. The number of halogens is 1. The second-order valence-corrected chi connectivity index (χ2v) is 4.70. The van der Waals surface area contributed by atoms with Crippen molar-refractivity contribution in [3.8, 4) is 0 Å². The Morgan fingerprint density at radius 3 is 3.06 bits per heavy atom. The SMILES string of the molecule is CNCc1cc(F)cnc1N1CCCCC1C. The molecular formula is C13H20FN3. The molecule has 0 aromatic carbocycles. The number of piperidine rings is 1. The van der Waals surface area contributed by atoms with E-state index in [4.69, 9.17) is 0 Å². The number of anilines is 1. The molecule has 1 aliphatic heterocycles. The zero-order valence-electron chi connectivity index (χ0n) is 10.5. The topological polar surface area (TPSA) is 28.2 Å². The van der Waals surface area contributed by atoms with Crippen molar-refractivity contribution in [1.29, 1.82) is 0 Å². The maximum Gasteiger partial charge on any atom is 0.141 e. The Balaban J connectivity index is 2.29. The molecule has 1 N–H and O–H groups in total. The molecule has 4 heteroatoms. The van der Waals surface area contributed by atoms with E-state index in [1.165, 1.54) is 25.5 Å². The number of hydrogen-bond donors (Lipinski definition) is 1. The van der Waals surface area contributed by atoms with Crippen LogP contribution in [0.4, 0.5) is 10.2 Å².